The van der Waals surface area contributed by atoms with Gasteiger partial charge in [-0.2, -0.15) is 0 Å². The summed E-state index contributed by atoms with van der Waals surface area (Å²) in [6, 6.07) is 25.2. The molecule has 33 heavy (non-hydrogen) atoms. The fourth-order valence-corrected chi connectivity index (χ4v) is 4.73. The van der Waals surface area contributed by atoms with E-state index < -0.39 is 0 Å². The second-order valence-corrected chi connectivity index (χ2v) is 8.99. The number of rotatable bonds is 7. The van der Waals surface area contributed by atoms with Crippen LogP contribution in [0.2, 0.25) is 0 Å². The molecule has 0 atom stereocenters. The van der Waals surface area contributed by atoms with Crippen LogP contribution in [-0.4, -0.2) is 34.7 Å². The molecule has 5 nitrogen and oxygen atoms in total. The molecule has 1 heterocycles. The monoisotopic (exact) mass is 474 g/mol. The van der Waals surface area contributed by atoms with Crippen molar-refractivity contribution >= 4 is 51.9 Å². The molecule has 0 radical (unpaired) electrons. The van der Waals surface area contributed by atoms with E-state index in [1.807, 2.05) is 78.9 Å². The number of ether oxygens (including phenoxy) is 1. The van der Waals surface area contributed by atoms with Crippen molar-refractivity contribution in [3.63, 3.8) is 0 Å². The number of anilines is 1. The van der Waals surface area contributed by atoms with E-state index in [4.69, 9.17) is 17.0 Å². The van der Waals surface area contributed by atoms with Crippen LogP contribution in [0.25, 0.3) is 17.2 Å². The lowest BCUT2D eigenvalue weighted by Gasteiger charge is -2.14. The fourth-order valence-electron chi connectivity index (χ4n) is 3.43. The molecule has 0 bridgehead atoms. The predicted molar refractivity (Wildman–Crippen MR) is 138 cm³/mol. The zero-order chi connectivity index (χ0) is 23.2. The van der Waals surface area contributed by atoms with Crippen LogP contribution in [-0.2, 0) is 9.59 Å². The SMILES string of the molecule is COc1ccccc1/C=C1\SC(=S)N(CCC(=O)Nc2ccc(-c3ccccc3)cc2)C1=O. The highest BCUT2D eigenvalue weighted by Gasteiger charge is 2.32. The Morgan fingerprint density at radius 2 is 1.67 bits per heavy atom. The maximum absolute atomic E-state index is 12.8. The number of hydrogen-bond acceptors (Lipinski definition) is 5. The summed E-state index contributed by atoms with van der Waals surface area (Å²) in [5, 5.41) is 2.88. The Morgan fingerprint density at radius 1 is 1.00 bits per heavy atom. The summed E-state index contributed by atoms with van der Waals surface area (Å²) in [5.74, 6) is 0.307. The standard InChI is InChI=1S/C26H22N2O3S2/c1-31-22-10-6-5-9-20(22)17-23-25(30)28(26(32)33-23)16-15-24(29)27-21-13-11-19(12-14-21)18-7-3-2-4-8-18/h2-14,17H,15-16H2,1H3,(H,27,29)/b23-17-. The quantitative estimate of drug-likeness (QED) is 0.357. The minimum atomic E-state index is -0.198. The topological polar surface area (TPSA) is 58.6 Å². The molecule has 0 spiro atoms. The molecule has 4 rings (SSSR count). The number of para-hydroxylation sites is 1. The predicted octanol–water partition coefficient (Wildman–Crippen LogP) is 5.59. The Hall–Kier alpha value is -3.42. The lowest BCUT2D eigenvalue weighted by atomic mass is 10.1. The Balaban J connectivity index is 1.35. The molecule has 1 saturated heterocycles. The van der Waals surface area contributed by atoms with Crippen molar-refractivity contribution in [1.82, 2.24) is 4.90 Å². The minimum Gasteiger partial charge on any atom is -0.496 e. The van der Waals surface area contributed by atoms with Crippen molar-refractivity contribution in [3.05, 3.63) is 89.3 Å². The zero-order valence-electron chi connectivity index (χ0n) is 18.0. The Labute approximate surface area is 202 Å². The summed E-state index contributed by atoms with van der Waals surface area (Å²) < 4.78 is 5.79. The molecule has 0 saturated carbocycles. The first-order chi connectivity index (χ1) is 16.0. The maximum Gasteiger partial charge on any atom is 0.266 e. The van der Waals surface area contributed by atoms with E-state index in [0.29, 0.717) is 20.7 Å². The Morgan fingerprint density at radius 3 is 2.39 bits per heavy atom. The third-order valence-electron chi connectivity index (χ3n) is 5.14. The van der Waals surface area contributed by atoms with Crippen LogP contribution >= 0.6 is 24.0 Å². The van der Waals surface area contributed by atoms with Gasteiger partial charge in [0.2, 0.25) is 5.91 Å². The molecule has 0 aromatic heterocycles. The van der Waals surface area contributed by atoms with Crippen LogP contribution in [0.1, 0.15) is 12.0 Å². The number of methoxy groups -OCH3 is 1. The number of benzene rings is 3. The van der Waals surface area contributed by atoms with Gasteiger partial charge in [-0.1, -0.05) is 84.6 Å². The molecule has 166 valence electrons. The third kappa shape index (κ3) is 5.50. The average Bonchev–Trinajstić information content (AvgIpc) is 3.11. The van der Waals surface area contributed by atoms with Crippen molar-refractivity contribution in [2.45, 2.75) is 6.42 Å². The average molecular weight is 475 g/mol. The molecular weight excluding hydrogens is 452 g/mol. The summed E-state index contributed by atoms with van der Waals surface area (Å²) in [7, 11) is 1.59. The zero-order valence-corrected chi connectivity index (χ0v) is 19.6. The molecule has 2 amide bonds. The van der Waals surface area contributed by atoms with Gasteiger partial charge in [-0.3, -0.25) is 14.5 Å². The third-order valence-corrected chi connectivity index (χ3v) is 6.52. The molecule has 1 aliphatic heterocycles. The number of nitrogens with zero attached hydrogens (tertiary/aromatic N) is 1. The van der Waals surface area contributed by atoms with Crippen LogP contribution in [0.5, 0.6) is 5.75 Å². The molecule has 1 fully saturated rings. The van der Waals surface area contributed by atoms with E-state index >= 15 is 0 Å². The van der Waals surface area contributed by atoms with Gasteiger partial charge < -0.3 is 10.1 Å². The van der Waals surface area contributed by atoms with Crippen molar-refractivity contribution in [2.75, 3.05) is 19.0 Å². The number of amides is 2. The summed E-state index contributed by atoms with van der Waals surface area (Å²) in [6.45, 7) is 0.224. The van der Waals surface area contributed by atoms with E-state index in [0.717, 1.165) is 16.7 Å². The van der Waals surface area contributed by atoms with Crippen molar-refractivity contribution < 1.29 is 14.3 Å². The van der Waals surface area contributed by atoms with Crippen LogP contribution in [0.15, 0.2) is 83.8 Å². The smallest absolute Gasteiger partial charge is 0.266 e. The first-order valence-electron chi connectivity index (χ1n) is 10.4. The van der Waals surface area contributed by atoms with E-state index in [1.165, 1.54) is 16.7 Å². The van der Waals surface area contributed by atoms with Crippen LogP contribution in [0.4, 0.5) is 5.69 Å². The van der Waals surface area contributed by atoms with Crippen LogP contribution in [0, 0.1) is 0 Å². The maximum atomic E-state index is 12.8. The molecule has 3 aromatic rings. The summed E-state index contributed by atoms with van der Waals surface area (Å²) in [5.41, 5.74) is 3.71. The number of hydrogen-bond donors (Lipinski definition) is 1. The molecule has 1 aliphatic rings. The lowest BCUT2D eigenvalue weighted by Crippen LogP contribution is -2.31. The first-order valence-corrected chi connectivity index (χ1v) is 11.6. The second kappa shape index (κ2) is 10.5. The highest BCUT2D eigenvalue weighted by Crippen LogP contribution is 2.34. The van der Waals surface area contributed by atoms with E-state index in [9.17, 15) is 9.59 Å². The highest BCUT2D eigenvalue weighted by molar-refractivity contribution is 8.26. The Kier molecular flexibility index (Phi) is 7.22. The number of carbonyl (C=O) groups excluding carboxylic acids is 2. The fraction of sp³-hybridized carbons (Fsp3) is 0.115. The molecule has 7 heteroatoms. The normalized spacial score (nSPS) is 14.6. The first kappa shape index (κ1) is 22.8. The lowest BCUT2D eigenvalue weighted by molar-refractivity contribution is -0.122. The Bertz CT molecular complexity index is 1210. The minimum absolute atomic E-state index is 0.148. The van der Waals surface area contributed by atoms with Gasteiger partial charge >= 0.3 is 0 Å². The second-order valence-electron chi connectivity index (χ2n) is 7.32. The van der Waals surface area contributed by atoms with Crippen molar-refractivity contribution in [2.24, 2.45) is 0 Å². The van der Waals surface area contributed by atoms with Crippen LogP contribution in [0.3, 0.4) is 0 Å². The van der Waals surface area contributed by atoms with Gasteiger partial charge in [0.1, 0.15) is 10.1 Å². The van der Waals surface area contributed by atoms with Gasteiger partial charge in [-0.05, 0) is 35.4 Å². The highest BCUT2D eigenvalue weighted by atomic mass is 32.2. The van der Waals surface area contributed by atoms with E-state index in [2.05, 4.69) is 5.32 Å². The molecule has 0 unspecified atom stereocenters. The summed E-state index contributed by atoms with van der Waals surface area (Å²) in [4.78, 5) is 27.3. The summed E-state index contributed by atoms with van der Waals surface area (Å²) in [6.07, 6.45) is 1.92. The number of nitrogens with one attached hydrogen (secondary N) is 1. The van der Waals surface area contributed by atoms with Gasteiger partial charge in [-0.15, -0.1) is 0 Å². The van der Waals surface area contributed by atoms with Gasteiger partial charge in [0.15, 0.2) is 0 Å². The van der Waals surface area contributed by atoms with Gasteiger partial charge in [-0.25, -0.2) is 0 Å². The number of thioether (sulfide) groups is 1. The van der Waals surface area contributed by atoms with Crippen LogP contribution < -0.4 is 10.1 Å². The van der Waals surface area contributed by atoms with Crippen molar-refractivity contribution in [3.8, 4) is 16.9 Å². The molecule has 1 N–H and O–H groups in total. The molecule has 3 aromatic carbocycles. The largest absolute Gasteiger partial charge is 0.496 e. The van der Waals surface area contributed by atoms with E-state index in [1.54, 1.807) is 13.2 Å². The number of carbonyl (C=O) groups is 2. The summed E-state index contributed by atoms with van der Waals surface area (Å²) >= 11 is 6.61. The van der Waals surface area contributed by atoms with Gasteiger partial charge in [0.25, 0.3) is 5.91 Å². The van der Waals surface area contributed by atoms with Crippen molar-refractivity contribution in [1.29, 1.82) is 0 Å². The molecular formula is C26H22N2O3S2. The number of thiocarbonyl (C=S) groups is 1. The van der Waals surface area contributed by atoms with Gasteiger partial charge in [0.05, 0.1) is 12.0 Å². The van der Waals surface area contributed by atoms with Gasteiger partial charge in [0, 0.05) is 24.2 Å². The molecule has 0 aliphatic carbocycles. The van der Waals surface area contributed by atoms with E-state index in [-0.39, 0.29) is 24.8 Å².